The van der Waals surface area contributed by atoms with Crippen molar-refractivity contribution < 1.29 is 28.9 Å². The molecule has 1 aromatic heterocycles. The smallest absolute Gasteiger partial charge is 0.301 e. The Balaban J connectivity index is 1.44. The molecule has 1 atom stereocenters. The number of benzene rings is 3. The maximum absolute atomic E-state index is 13.6. The molecule has 210 valence electrons. The first-order valence-electron chi connectivity index (χ1n) is 13.4. The Bertz CT molecular complexity index is 1670. The van der Waals surface area contributed by atoms with Gasteiger partial charge in [0.05, 0.1) is 28.4 Å². The molecule has 0 radical (unpaired) electrons. The molecular formula is C31H27ClN2O6S. The number of anilines is 1. The molecule has 0 saturated carbocycles. The molecule has 8 nitrogen and oxygen atoms in total. The van der Waals surface area contributed by atoms with Crippen molar-refractivity contribution in [3.8, 4) is 17.2 Å². The lowest BCUT2D eigenvalue weighted by molar-refractivity contribution is -0.132. The average Bonchev–Trinajstić information content (AvgIpc) is 3.52. The van der Waals surface area contributed by atoms with Crippen molar-refractivity contribution >= 4 is 55.7 Å². The van der Waals surface area contributed by atoms with Crippen molar-refractivity contribution in [1.29, 1.82) is 0 Å². The van der Waals surface area contributed by atoms with Crippen molar-refractivity contribution in [2.24, 2.45) is 0 Å². The second-order valence-electron chi connectivity index (χ2n) is 9.76. The molecule has 4 aromatic rings. The summed E-state index contributed by atoms with van der Waals surface area (Å²) in [7, 11) is 0. The van der Waals surface area contributed by atoms with Crippen LogP contribution in [0.3, 0.4) is 0 Å². The molecule has 2 aliphatic rings. The second-order valence-corrected chi connectivity index (χ2v) is 11.2. The fourth-order valence-electron chi connectivity index (χ4n) is 4.97. The number of carbonyl (C=O) groups excluding carboxylic acids is 2. The van der Waals surface area contributed by atoms with Gasteiger partial charge in [-0.15, -0.1) is 0 Å². The van der Waals surface area contributed by atoms with Crippen LogP contribution in [0.25, 0.3) is 16.0 Å². The lowest BCUT2D eigenvalue weighted by Crippen LogP contribution is -2.29. The minimum Gasteiger partial charge on any atom is -0.507 e. The van der Waals surface area contributed by atoms with Gasteiger partial charge < -0.3 is 19.3 Å². The molecule has 10 heteroatoms. The van der Waals surface area contributed by atoms with E-state index in [0.717, 1.165) is 24.0 Å². The number of amides is 1. The maximum Gasteiger partial charge on any atom is 0.301 e. The predicted molar refractivity (Wildman–Crippen MR) is 158 cm³/mol. The van der Waals surface area contributed by atoms with Gasteiger partial charge in [-0.3, -0.25) is 14.5 Å². The number of aromatic nitrogens is 1. The highest BCUT2D eigenvalue weighted by Gasteiger charge is 2.48. The third-order valence-electron chi connectivity index (χ3n) is 7.02. The number of halogens is 1. The number of hydrogen-bond donors (Lipinski definition) is 1. The number of ketones is 1. The molecule has 6 rings (SSSR count). The van der Waals surface area contributed by atoms with Gasteiger partial charge in [0.15, 0.2) is 16.6 Å². The third kappa shape index (κ3) is 5.23. The summed E-state index contributed by atoms with van der Waals surface area (Å²) in [5.41, 5.74) is 1.57. The summed E-state index contributed by atoms with van der Waals surface area (Å²) in [5.74, 6) is -0.204. The van der Waals surface area contributed by atoms with Gasteiger partial charge in [0, 0.05) is 10.6 Å². The van der Waals surface area contributed by atoms with Crippen molar-refractivity contribution in [3.63, 3.8) is 0 Å². The number of nitrogens with zero attached hydrogens (tertiary/aromatic N) is 2. The number of aliphatic hydroxyl groups excluding tert-OH is 1. The van der Waals surface area contributed by atoms with E-state index in [0.29, 0.717) is 63.9 Å². The highest BCUT2D eigenvalue weighted by atomic mass is 35.5. The van der Waals surface area contributed by atoms with Crippen LogP contribution in [0.2, 0.25) is 5.02 Å². The lowest BCUT2D eigenvalue weighted by Gasteiger charge is -2.23. The van der Waals surface area contributed by atoms with Crippen LogP contribution in [0.5, 0.6) is 17.2 Å². The standard InChI is InChI=1S/C31H27ClN2O6S/c1-2-3-4-13-38-21-9-5-18(6-10-21)27-26(28(35)19-7-12-23-24(16-19)40-15-14-39-23)29(36)30(37)34(27)31-33-22-11-8-20(32)17-25(22)41-31/h5-12,16-17,27,35H,2-4,13-15H2,1H3/b28-26+. The number of hydrogen-bond acceptors (Lipinski definition) is 8. The molecule has 3 aromatic carbocycles. The van der Waals surface area contributed by atoms with Crippen LogP contribution in [0.1, 0.15) is 43.4 Å². The van der Waals surface area contributed by atoms with E-state index in [1.54, 1.807) is 48.5 Å². The topological polar surface area (TPSA) is 98.2 Å². The average molecular weight is 591 g/mol. The first-order chi connectivity index (χ1) is 19.9. The zero-order valence-corrected chi connectivity index (χ0v) is 23.8. The second kappa shape index (κ2) is 11.4. The summed E-state index contributed by atoms with van der Waals surface area (Å²) in [4.78, 5) is 33.2. The zero-order chi connectivity index (χ0) is 28.5. The highest BCUT2D eigenvalue weighted by Crippen LogP contribution is 2.45. The van der Waals surface area contributed by atoms with E-state index < -0.39 is 17.7 Å². The molecule has 0 aliphatic carbocycles. The summed E-state index contributed by atoms with van der Waals surface area (Å²) < 4.78 is 17.9. The van der Waals surface area contributed by atoms with E-state index in [1.165, 1.54) is 16.2 Å². The molecule has 0 bridgehead atoms. The highest BCUT2D eigenvalue weighted by molar-refractivity contribution is 7.22. The fourth-order valence-corrected chi connectivity index (χ4v) is 6.24. The number of unbranched alkanes of at least 4 members (excludes halogenated alkanes) is 2. The summed E-state index contributed by atoms with van der Waals surface area (Å²) in [6, 6.07) is 16.5. The zero-order valence-electron chi connectivity index (χ0n) is 22.3. The first kappa shape index (κ1) is 27.1. The number of Topliss-reactive ketones (excluding diaryl/α,β-unsaturated/α-hetero) is 1. The van der Waals surface area contributed by atoms with Crippen LogP contribution in [-0.2, 0) is 9.59 Å². The molecule has 0 spiro atoms. The van der Waals surface area contributed by atoms with E-state index in [4.69, 9.17) is 25.8 Å². The van der Waals surface area contributed by atoms with Gasteiger partial charge in [-0.05, 0) is 60.5 Å². The minimum atomic E-state index is -0.923. The Hall–Kier alpha value is -4.08. The van der Waals surface area contributed by atoms with E-state index in [9.17, 15) is 14.7 Å². The van der Waals surface area contributed by atoms with Crippen LogP contribution in [0.4, 0.5) is 5.13 Å². The number of thiazole rings is 1. The fraction of sp³-hybridized carbons (Fsp3) is 0.258. The van der Waals surface area contributed by atoms with Gasteiger partial charge >= 0.3 is 5.91 Å². The van der Waals surface area contributed by atoms with E-state index >= 15 is 0 Å². The number of aliphatic hydroxyl groups is 1. The van der Waals surface area contributed by atoms with Crippen LogP contribution in [-0.4, -0.2) is 41.6 Å². The van der Waals surface area contributed by atoms with Crippen LogP contribution in [0, 0.1) is 0 Å². The van der Waals surface area contributed by atoms with Crippen LogP contribution in [0.15, 0.2) is 66.2 Å². The Morgan fingerprint density at radius 3 is 2.61 bits per heavy atom. The van der Waals surface area contributed by atoms with Crippen molar-refractivity contribution in [2.45, 2.75) is 32.2 Å². The van der Waals surface area contributed by atoms with Crippen LogP contribution >= 0.6 is 22.9 Å². The quantitative estimate of drug-likeness (QED) is 0.103. The number of fused-ring (bicyclic) bond motifs is 2. The molecule has 2 aliphatic heterocycles. The van der Waals surface area contributed by atoms with Gasteiger partial charge in [0.1, 0.15) is 24.7 Å². The molecule has 1 amide bonds. The van der Waals surface area contributed by atoms with Gasteiger partial charge in [-0.1, -0.05) is 54.8 Å². The van der Waals surface area contributed by atoms with Crippen molar-refractivity contribution in [1.82, 2.24) is 4.98 Å². The summed E-state index contributed by atoms with van der Waals surface area (Å²) in [6.07, 6.45) is 3.14. The molecule has 1 saturated heterocycles. The molecule has 41 heavy (non-hydrogen) atoms. The third-order valence-corrected chi connectivity index (χ3v) is 8.27. The van der Waals surface area contributed by atoms with Crippen LogP contribution < -0.4 is 19.1 Å². The number of rotatable bonds is 8. The molecule has 1 unspecified atom stereocenters. The van der Waals surface area contributed by atoms with E-state index in [1.807, 2.05) is 12.1 Å². The largest absolute Gasteiger partial charge is 0.507 e. The SMILES string of the molecule is CCCCCOc1ccc(C2/C(=C(\O)c3ccc4c(c3)OCCO4)C(=O)C(=O)N2c2nc3ccc(Cl)cc3s2)cc1. The van der Waals surface area contributed by atoms with Gasteiger partial charge in [0.2, 0.25) is 0 Å². The summed E-state index contributed by atoms with van der Waals surface area (Å²) >= 11 is 7.44. The first-order valence-corrected chi connectivity index (χ1v) is 14.6. The maximum atomic E-state index is 13.6. The number of carbonyl (C=O) groups is 2. The van der Waals surface area contributed by atoms with Gasteiger partial charge in [-0.25, -0.2) is 4.98 Å². The van der Waals surface area contributed by atoms with Gasteiger partial charge in [0.25, 0.3) is 5.78 Å². The Labute approximate surface area is 245 Å². The van der Waals surface area contributed by atoms with Gasteiger partial charge in [-0.2, -0.15) is 0 Å². The number of ether oxygens (including phenoxy) is 3. The lowest BCUT2D eigenvalue weighted by atomic mass is 9.95. The molecule has 3 heterocycles. The minimum absolute atomic E-state index is 0.0411. The molecule has 1 N–H and O–H groups in total. The monoisotopic (exact) mass is 590 g/mol. The Morgan fingerprint density at radius 1 is 1.05 bits per heavy atom. The predicted octanol–water partition coefficient (Wildman–Crippen LogP) is 6.92. The van der Waals surface area contributed by atoms with Crippen molar-refractivity contribution in [2.75, 3.05) is 24.7 Å². The molecule has 1 fully saturated rings. The Kier molecular flexibility index (Phi) is 7.55. The van der Waals surface area contributed by atoms with E-state index in [2.05, 4.69) is 11.9 Å². The summed E-state index contributed by atoms with van der Waals surface area (Å²) in [5, 5.41) is 12.4. The van der Waals surface area contributed by atoms with E-state index in [-0.39, 0.29) is 11.3 Å². The normalized spacial score (nSPS) is 17.8. The van der Waals surface area contributed by atoms with Crippen molar-refractivity contribution in [3.05, 3.63) is 82.4 Å². The Morgan fingerprint density at radius 2 is 1.83 bits per heavy atom. The molecular weight excluding hydrogens is 564 g/mol. The summed E-state index contributed by atoms with van der Waals surface area (Å²) in [6.45, 7) is 3.53.